The van der Waals surface area contributed by atoms with Crippen molar-refractivity contribution < 1.29 is 23.9 Å². The van der Waals surface area contributed by atoms with Crippen LogP contribution in [0.1, 0.15) is 65.2 Å². The molecular formula is C30H43N7O5. The van der Waals surface area contributed by atoms with Crippen LogP contribution in [-0.2, 0) is 34.2 Å². The van der Waals surface area contributed by atoms with Gasteiger partial charge in [0.1, 0.15) is 0 Å². The third-order valence-corrected chi connectivity index (χ3v) is 8.02. The van der Waals surface area contributed by atoms with Crippen LogP contribution in [0, 0.1) is 5.92 Å². The Kier molecular flexibility index (Phi) is 10.7. The minimum Gasteiger partial charge on any atom is -0.383 e. The van der Waals surface area contributed by atoms with Crippen molar-refractivity contribution in [3.05, 3.63) is 47.0 Å². The van der Waals surface area contributed by atoms with E-state index in [0.29, 0.717) is 36.6 Å². The molecular weight excluding hydrogens is 538 g/mol. The maximum atomic E-state index is 13.8. The van der Waals surface area contributed by atoms with Crippen LogP contribution in [0.3, 0.4) is 0 Å². The fraction of sp³-hybridized carbons (Fsp3) is 0.600. The zero-order chi connectivity index (χ0) is 30.2. The highest BCUT2D eigenvalue weighted by molar-refractivity contribution is 5.97. The molecule has 228 valence electrons. The Labute approximate surface area is 247 Å². The zero-order valence-electron chi connectivity index (χ0n) is 25.2. The summed E-state index contributed by atoms with van der Waals surface area (Å²) in [6, 6.07) is 3.29. The fourth-order valence-electron chi connectivity index (χ4n) is 5.64. The molecule has 1 aliphatic heterocycles. The van der Waals surface area contributed by atoms with Gasteiger partial charge in [-0.1, -0.05) is 13.8 Å². The van der Waals surface area contributed by atoms with Gasteiger partial charge in [-0.25, -0.2) is 0 Å². The molecule has 4 amide bonds. The molecule has 1 aliphatic carbocycles. The molecule has 1 N–H and O–H groups in total. The van der Waals surface area contributed by atoms with E-state index in [1.807, 2.05) is 11.9 Å². The molecule has 0 saturated carbocycles. The topological polar surface area (TPSA) is 130 Å². The molecule has 2 aliphatic rings. The summed E-state index contributed by atoms with van der Waals surface area (Å²) in [5.74, 6) is -0.546. The summed E-state index contributed by atoms with van der Waals surface area (Å²) in [6.07, 6.45) is 6.07. The first-order valence-corrected chi connectivity index (χ1v) is 14.8. The number of carbonyl (C=O) groups excluding carboxylic acids is 4. The molecule has 0 aromatic carbocycles. The quantitative estimate of drug-likeness (QED) is 0.522. The third-order valence-electron chi connectivity index (χ3n) is 8.02. The molecule has 1 unspecified atom stereocenters. The molecule has 2 bridgehead atoms. The van der Waals surface area contributed by atoms with Gasteiger partial charge in [0.25, 0.3) is 11.8 Å². The van der Waals surface area contributed by atoms with Gasteiger partial charge in [0, 0.05) is 83.0 Å². The Morgan fingerprint density at radius 2 is 1.98 bits per heavy atom. The zero-order valence-corrected chi connectivity index (χ0v) is 25.2. The predicted octanol–water partition coefficient (Wildman–Crippen LogP) is 1.30. The molecule has 1 atom stereocenters. The number of aryl methyl sites for hydroxylation is 1. The van der Waals surface area contributed by atoms with Gasteiger partial charge >= 0.3 is 0 Å². The second-order valence-electron chi connectivity index (χ2n) is 11.4. The third kappa shape index (κ3) is 7.53. The van der Waals surface area contributed by atoms with Gasteiger partial charge in [0.15, 0.2) is 5.69 Å². The van der Waals surface area contributed by atoms with Gasteiger partial charge in [-0.3, -0.25) is 28.8 Å². The van der Waals surface area contributed by atoms with Crippen LogP contribution in [0.5, 0.6) is 0 Å². The van der Waals surface area contributed by atoms with E-state index in [-0.39, 0.29) is 75.4 Å². The van der Waals surface area contributed by atoms with E-state index in [9.17, 15) is 19.2 Å². The van der Waals surface area contributed by atoms with Gasteiger partial charge in [0.2, 0.25) is 11.8 Å². The summed E-state index contributed by atoms with van der Waals surface area (Å²) < 4.78 is 6.98. The smallest absolute Gasteiger partial charge is 0.275 e. The van der Waals surface area contributed by atoms with E-state index in [0.717, 1.165) is 24.1 Å². The Hall–Kier alpha value is -3.80. The number of fused-ring (bicyclic) bond motifs is 1. The Morgan fingerprint density at radius 1 is 1.17 bits per heavy atom. The number of nitrogens with zero attached hydrogens (tertiary/aromatic N) is 6. The molecule has 0 spiro atoms. The summed E-state index contributed by atoms with van der Waals surface area (Å²) in [5.41, 5.74) is 2.57. The maximum absolute atomic E-state index is 13.8. The fourth-order valence-corrected chi connectivity index (χ4v) is 5.64. The average molecular weight is 582 g/mol. The lowest BCUT2D eigenvalue weighted by Gasteiger charge is -2.36. The first kappa shape index (κ1) is 31.1. The van der Waals surface area contributed by atoms with E-state index in [4.69, 9.17) is 4.74 Å². The van der Waals surface area contributed by atoms with Gasteiger partial charge in [0.05, 0.1) is 18.7 Å². The molecule has 4 rings (SSSR count). The summed E-state index contributed by atoms with van der Waals surface area (Å²) in [5, 5.41) is 7.43. The van der Waals surface area contributed by atoms with Crippen LogP contribution >= 0.6 is 0 Å². The van der Waals surface area contributed by atoms with Crippen LogP contribution < -0.4 is 5.32 Å². The predicted molar refractivity (Wildman–Crippen MR) is 156 cm³/mol. The highest BCUT2D eigenvalue weighted by Gasteiger charge is 2.35. The lowest BCUT2D eigenvalue weighted by atomic mass is 9.89. The number of rotatable bonds is 7. The van der Waals surface area contributed by atoms with Crippen molar-refractivity contribution in [1.29, 1.82) is 0 Å². The SMILES string of the molecule is COCCN1CC(=O)NCCN(C(=O)c2cccnc2)CCC(=O)N(CCC(C)C)C2CCc3c(c(nn3C)C1=O)C2. The number of hydrogen-bond donors (Lipinski definition) is 1. The highest BCUT2D eigenvalue weighted by atomic mass is 16.5. The van der Waals surface area contributed by atoms with Gasteiger partial charge in [-0.2, -0.15) is 5.10 Å². The molecule has 0 saturated heterocycles. The maximum Gasteiger partial charge on any atom is 0.275 e. The summed E-state index contributed by atoms with van der Waals surface area (Å²) in [6.45, 7) is 5.80. The Bertz CT molecular complexity index is 1260. The minimum absolute atomic E-state index is 0.0253. The number of methoxy groups -OCH3 is 1. The molecule has 0 radical (unpaired) electrons. The van der Waals surface area contributed by atoms with Gasteiger partial charge < -0.3 is 24.8 Å². The second kappa shape index (κ2) is 14.4. The number of pyridine rings is 1. The van der Waals surface area contributed by atoms with E-state index < -0.39 is 0 Å². The molecule has 42 heavy (non-hydrogen) atoms. The number of carbonyl (C=O) groups is 4. The minimum atomic E-state index is -0.348. The van der Waals surface area contributed by atoms with Crippen LogP contribution in [0.2, 0.25) is 0 Å². The largest absolute Gasteiger partial charge is 0.383 e. The van der Waals surface area contributed by atoms with Crippen molar-refractivity contribution in [3.8, 4) is 0 Å². The number of amides is 4. The number of hydrogen-bond acceptors (Lipinski definition) is 7. The van der Waals surface area contributed by atoms with Crippen molar-refractivity contribution in [2.75, 3.05) is 53.0 Å². The van der Waals surface area contributed by atoms with Gasteiger partial charge in [-0.15, -0.1) is 0 Å². The van der Waals surface area contributed by atoms with Crippen molar-refractivity contribution in [1.82, 2.24) is 34.8 Å². The summed E-state index contributed by atoms with van der Waals surface area (Å²) in [4.78, 5) is 63.0. The summed E-state index contributed by atoms with van der Waals surface area (Å²) >= 11 is 0. The highest BCUT2D eigenvalue weighted by Crippen LogP contribution is 2.29. The number of ether oxygens (including phenoxy) is 1. The molecule has 12 heteroatoms. The number of nitrogens with one attached hydrogen (secondary N) is 1. The molecule has 0 fully saturated rings. The van der Waals surface area contributed by atoms with Crippen molar-refractivity contribution >= 4 is 23.6 Å². The second-order valence-corrected chi connectivity index (χ2v) is 11.4. The van der Waals surface area contributed by atoms with Crippen molar-refractivity contribution in [2.45, 2.75) is 52.0 Å². The van der Waals surface area contributed by atoms with Crippen LogP contribution in [0.25, 0.3) is 0 Å². The van der Waals surface area contributed by atoms with E-state index in [1.165, 1.54) is 11.1 Å². The van der Waals surface area contributed by atoms with Crippen molar-refractivity contribution in [3.63, 3.8) is 0 Å². The standard InChI is InChI=1S/C30H43N7O5/c1-21(2)9-14-37-23-7-8-25-24(18-23)28(33-34(25)3)30(41)36(16-17-42-4)20-26(38)32-12-15-35(13-10-27(37)39)29(40)22-6-5-11-31-19-22/h5-6,11,19,21,23H,7-10,12-18,20H2,1-4H3,(H,32,38). The average Bonchev–Trinajstić information content (AvgIpc) is 3.31. The first-order valence-electron chi connectivity index (χ1n) is 14.8. The van der Waals surface area contributed by atoms with E-state index in [1.54, 1.807) is 35.0 Å². The molecule has 2 aromatic rings. The molecule has 12 nitrogen and oxygen atoms in total. The number of aromatic nitrogens is 3. The summed E-state index contributed by atoms with van der Waals surface area (Å²) in [7, 11) is 3.38. The van der Waals surface area contributed by atoms with Crippen LogP contribution in [0.4, 0.5) is 0 Å². The normalized spacial score (nSPS) is 18.9. The lowest BCUT2D eigenvalue weighted by molar-refractivity contribution is -0.134. The Morgan fingerprint density at radius 3 is 2.69 bits per heavy atom. The lowest BCUT2D eigenvalue weighted by Crippen LogP contribution is -2.48. The van der Waals surface area contributed by atoms with Gasteiger partial charge in [-0.05, 0) is 43.7 Å². The van der Waals surface area contributed by atoms with E-state index in [2.05, 4.69) is 29.2 Å². The van der Waals surface area contributed by atoms with Crippen molar-refractivity contribution in [2.24, 2.45) is 13.0 Å². The van der Waals surface area contributed by atoms with Crippen LogP contribution in [-0.4, -0.2) is 112 Å². The first-order chi connectivity index (χ1) is 20.2. The van der Waals surface area contributed by atoms with E-state index >= 15 is 0 Å². The van der Waals surface area contributed by atoms with Crippen LogP contribution in [0.15, 0.2) is 24.5 Å². The Balaban J connectivity index is 1.68. The monoisotopic (exact) mass is 581 g/mol. The molecule has 3 heterocycles. The molecule has 2 aromatic heterocycles.